The first kappa shape index (κ1) is 17.7. The highest BCUT2D eigenvalue weighted by Crippen LogP contribution is 2.33. The Balaban J connectivity index is 2.02. The second-order valence-corrected chi connectivity index (χ2v) is 6.14. The van der Waals surface area contributed by atoms with Crippen molar-refractivity contribution < 1.29 is 13.2 Å². The van der Waals surface area contributed by atoms with Crippen LogP contribution < -0.4 is 11.3 Å². The average molecular weight is 382 g/mol. The van der Waals surface area contributed by atoms with E-state index in [0.717, 1.165) is 16.8 Å². The highest BCUT2D eigenvalue weighted by molar-refractivity contribution is 5.90. The summed E-state index contributed by atoms with van der Waals surface area (Å²) in [5, 5.41) is 4.58. The lowest BCUT2D eigenvalue weighted by Crippen LogP contribution is -2.22. The van der Waals surface area contributed by atoms with Crippen molar-refractivity contribution in [1.29, 1.82) is 0 Å². The average Bonchev–Trinajstić information content (AvgIpc) is 2.69. The lowest BCUT2D eigenvalue weighted by Gasteiger charge is -2.12. The van der Waals surface area contributed by atoms with E-state index in [2.05, 4.69) is 10.1 Å². The number of rotatable bonds is 2. The number of fused-ring (bicyclic) bond motifs is 1. The Labute approximate surface area is 156 Å². The first-order chi connectivity index (χ1) is 13.3. The Morgan fingerprint density at radius 1 is 0.964 bits per heavy atom. The van der Waals surface area contributed by atoms with Gasteiger partial charge in [-0.3, -0.25) is 9.78 Å². The molecular weight excluding hydrogens is 369 g/mol. The van der Waals surface area contributed by atoms with E-state index >= 15 is 0 Å². The van der Waals surface area contributed by atoms with E-state index in [0.29, 0.717) is 11.4 Å². The number of nitrogens with two attached hydrogens (primary N) is 1. The summed E-state index contributed by atoms with van der Waals surface area (Å²) < 4.78 is 40.6. The zero-order valence-corrected chi connectivity index (χ0v) is 14.3. The molecule has 4 aromatic rings. The molecule has 2 N–H and O–H groups in total. The third kappa shape index (κ3) is 3.09. The van der Waals surface area contributed by atoms with Crippen LogP contribution in [0.15, 0.2) is 71.7 Å². The predicted molar refractivity (Wildman–Crippen MR) is 100.0 cm³/mol. The van der Waals surface area contributed by atoms with Gasteiger partial charge < -0.3 is 5.73 Å². The van der Waals surface area contributed by atoms with Gasteiger partial charge in [0.1, 0.15) is 11.2 Å². The second-order valence-electron chi connectivity index (χ2n) is 6.14. The third-order valence-corrected chi connectivity index (χ3v) is 4.26. The number of halogens is 3. The molecule has 0 fully saturated rings. The molecule has 0 saturated carbocycles. The molecule has 0 aliphatic rings. The molecule has 0 saturated heterocycles. The standard InChI is InChI=1S/C20H13F3N4O/c21-20(22,23)13-4-1-3-12(11-13)17-18-16(5-2-10-25-18)19(28)27(26-17)15-8-6-14(24)7-9-15/h1-11H,24H2. The lowest BCUT2D eigenvalue weighted by atomic mass is 10.1. The number of anilines is 1. The number of nitrogen functional groups attached to an aromatic ring is 1. The molecule has 0 radical (unpaired) electrons. The molecule has 5 nitrogen and oxygen atoms in total. The SMILES string of the molecule is Nc1ccc(-n2nc(-c3cccc(C(F)(F)F)c3)c3ncccc3c2=O)cc1. The molecule has 4 rings (SSSR count). The number of nitrogens with zero attached hydrogens (tertiary/aromatic N) is 3. The molecule has 2 aromatic carbocycles. The normalized spacial score (nSPS) is 11.7. The van der Waals surface area contributed by atoms with Crippen LogP contribution in [-0.2, 0) is 6.18 Å². The van der Waals surface area contributed by atoms with Crippen LogP contribution in [0.4, 0.5) is 18.9 Å². The van der Waals surface area contributed by atoms with Crippen molar-refractivity contribution in [2.45, 2.75) is 6.18 Å². The molecule has 0 atom stereocenters. The molecule has 0 bridgehead atoms. The Morgan fingerprint density at radius 3 is 2.43 bits per heavy atom. The molecule has 2 aromatic heterocycles. The zero-order valence-electron chi connectivity index (χ0n) is 14.3. The fourth-order valence-electron chi connectivity index (χ4n) is 2.90. The van der Waals surface area contributed by atoms with Gasteiger partial charge >= 0.3 is 6.18 Å². The third-order valence-electron chi connectivity index (χ3n) is 4.26. The smallest absolute Gasteiger partial charge is 0.399 e. The summed E-state index contributed by atoms with van der Waals surface area (Å²) in [6, 6.07) is 14.4. The fourth-order valence-corrected chi connectivity index (χ4v) is 2.90. The van der Waals surface area contributed by atoms with E-state index in [1.165, 1.54) is 18.3 Å². The summed E-state index contributed by atoms with van der Waals surface area (Å²) in [5.74, 6) is 0. The Bertz CT molecular complexity index is 1230. The summed E-state index contributed by atoms with van der Waals surface area (Å²) in [6.45, 7) is 0. The van der Waals surface area contributed by atoms with Gasteiger partial charge in [0.15, 0.2) is 0 Å². The number of hydrogen-bond donors (Lipinski definition) is 1. The predicted octanol–water partition coefficient (Wildman–Crippen LogP) is 4.05. The van der Waals surface area contributed by atoms with Gasteiger partial charge in [0, 0.05) is 17.4 Å². The van der Waals surface area contributed by atoms with Crippen LogP contribution in [0.25, 0.3) is 27.8 Å². The van der Waals surface area contributed by atoms with E-state index in [4.69, 9.17) is 5.73 Å². The summed E-state index contributed by atoms with van der Waals surface area (Å²) in [7, 11) is 0. The topological polar surface area (TPSA) is 73.8 Å². The van der Waals surface area contributed by atoms with Gasteiger partial charge in [-0.25, -0.2) is 0 Å². The van der Waals surface area contributed by atoms with Crippen molar-refractivity contribution in [2.24, 2.45) is 0 Å². The van der Waals surface area contributed by atoms with Crippen molar-refractivity contribution in [1.82, 2.24) is 14.8 Å². The van der Waals surface area contributed by atoms with Gasteiger partial charge in [-0.1, -0.05) is 12.1 Å². The molecule has 0 spiro atoms. The maximum Gasteiger partial charge on any atom is 0.416 e. The van der Waals surface area contributed by atoms with E-state index in [-0.39, 0.29) is 22.2 Å². The quantitative estimate of drug-likeness (QED) is 0.531. The molecule has 0 unspecified atom stereocenters. The fraction of sp³-hybridized carbons (Fsp3) is 0.0500. The first-order valence-electron chi connectivity index (χ1n) is 8.26. The highest BCUT2D eigenvalue weighted by Gasteiger charge is 2.30. The van der Waals surface area contributed by atoms with Gasteiger partial charge in [-0.2, -0.15) is 23.0 Å². The van der Waals surface area contributed by atoms with Crippen LogP contribution in [0.1, 0.15) is 5.56 Å². The minimum Gasteiger partial charge on any atom is -0.399 e. The lowest BCUT2D eigenvalue weighted by molar-refractivity contribution is -0.137. The number of alkyl halides is 3. The summed E-state index contributed by atoms with van der Waals surface area (Å²) in [5.41, 5.74) is 6.03. The van der Waals surface area contributed by atoms with Gasteiger partial charge in [-0.05, 0) is 48.5 Å². The zero-order chi connectivity index (χ0) is 19.9. The molecule has 28 heavy (non-hydrogen) atoms. The number of pyridine rings is 1. The monoisotopic (exact) mass is 382 g/mol. The number of hydrogen-bond acceptors (Lipinski definition) is 4. The van der Waals surface area contributed by atoms with Crippen LogP contribution in [0.2, 0.25) is 0 Å². The van der Waals surface area contributed by atoms with Crippen molar-refractivity contribution >= 4 is 16.6 Å². The first-order valence-corrected chi connectivity index (χ1v) is 8.26. The van der Waals surface area contributed by atoms with Crippen LogP contribution in [0, 0.1) is 0 Å². The maximum atomic E-state index is 13.1. The van der Waals surface area contributed by atoms with Crippen LogP contribution in [0.5, 0.6) is 0 Å². The molecular formula is C20H13F3N4O. The van der Waals surface area contributed by atoms with Gasteiger partial charge in [0.05, 0.1) is 16.6 Å². The number of benzene rings is 2. The molecule has 2 heterocycles. The number of aromatic nitrogens is 3. The molecule has 140 valence electrons. The van der Waals surface area contributed by atoms with Crippen LogP contribution >= 0.6 is 0 Å². The molecule has 0 amide bonds. The van der Waals surface area contributed by atoms with Crippen molar-refractivity contribution in [2.75, 3.05) is 5.73 Å². The summed E-state index contributed by atoms with van der Waals surface area (Å²) >= 11 is 0. The minimum absolute atomic E-state index is 0.179. The largest absolute Gasteiger partial charge is 0.416 e. The van der Waals surface area contributed by atoms with Crippen molar-refractivity contribution in [3.63, 3.8) is 0 Å². The Kier molecular flexibility index (Phi) is 4.11. The van der Waals surface area contributed by atoms with Gasteiger partial charge in [-0.15, -0.1) is 0 Å². The van der Waals surface area contributed by atoms with E-state index < -0.39 is 17.3 Å². The van der Waals surface area contributed by atoms with Crippen molar-refractivity contribution in [3.8, 4) is 16.9 Å². The van der Waals surface area contributed by atoms with Gasteiger partial charge in [0.2, 0.25) is 0 Å². The molecule has 0 aliphatic carbocycles. The van der Waals surface area contributed by atoms with Crippen LogP contribution in [0.3, 0.4) is 0 Å². The van der Waals surface area contributed by atoms with E-state index in [1.54, 1.807) is 36.4 Å². The summed E-state index contributed by atoms with van der Waals surface area (Å²) in [6.07, 6.45) is -3.03. The Hall–Kier alpha value is -3.68. The second kappa shape index (κ2) is 6.49. The minimum atomic E-state index is -4.50. The van der Waals surface area contributed by atoms with Crippen LogP contribution in [-0.4, -0.2) is 14.8 Å². The van der Waals surface area contributed by atoms with Crippen molar-refractivity contribution in [3.05, 3.63) is 82.8 Å². The maximum absolute atomic E-state index is 13.1. The van der Waals surface area contributed by atoms with E-state index in [1.807, 2.05) is 0 Å². The van der Waals surface area contributed by atoms with Gasteiger partial charge in [0.25, 0.3) is 5.56 Å². The highest BCUT2D eigenvalue weighted by atomic mass is 19.4. The molecule has 8 heteroatoms. The summed E-state index contributed by atoms with van der Waals surface area (Å²) in [4.78, 5) is 17.1. The molecule has 0 aliphatic heterocycles. The van der Waals surface area contributed by atoms with E-state index in [9.17, 15) is 18.0 Å². The Morgan fingerprint density at radius 2 is 1.71 bits per heavy atom.